The number of benzene rings is 1. The molecule has 2 unspecified atom stereocenters. The van der Waals surface area contributed by atoms with Gasteiger partial charge in [-0.3, -0.25) is 19.3 Å². The number of rotatable bonds is 6. The molecule has 1 aliphatic rings. The first-order valence-corrected chi connectivity index (χ1v) is 11.6. The molecular formula is C24H28ClN7O2. The second-order valence-corrected chi connectivity index (χ2v) is 8.98. The number of hydrogen-bond acceptors (Lipinski definition) is 6. The maximum absolute atomic E-state index is 12.9. The van der Waals surface area contributed by atoms with E-state index in [0.29, 0.717) is 22.9 Å². The highest BCUT2D eigenvalue weighted by Crippen LogP contribution is 2.28. The number of halogens is 1. The molecule has 1 aromatic carbocycles. The van der Waals surface area contributed by atoms with E-state index in [0.717, 1.165) is 36.6 Å². The average Bonchev–Trinajstić information content (AvgIpc) is 3.18. The predicted molar refractivity (Wildman–Crippen MR) is 132 cm³/mol. The lowest BCUT2D eigenvalue weighted by Gasteiger charge is -2.32. The van der Waals surface area contributed by atoms with Crippen molar-refractivity contribution in [1.82, 2.24) is 19.7 Å². The molecule has 1 saturated heterocycles. The largest absolute Gasteiger partial charge is 0.355 e. The predicted octanol–water partition coefficient (Wildman–Crippen LogP) is 4.00. The Morgan fingerprint density at radius 3 is 2.68 bits per heavy atom. The second kappa shape index (κ2) is 10.2. The van der Waals surface area contributed by atoms with Gasteiger partial charge in [-0.15, -0.1) is 0 Å². The standard InChI is InChI=1S/C24H28ClN7O2/c1-15-11-16(2)32(30-15)17(3)23(33)29-21-7-6-19(12-20(21)25)28-24(34)18-5-4-10-31(14-18)22-13-26-8-9-27-22/h6-9,11-13,17-18H,4-5,10,14H2,1-3H3,(H,28,34)(H,29,33). The van der Waals surface area contributed by atoms with Crippen LogP contribution in [0.4, 0.5) is 17.2 Å². The van der Waals surface area contributed by atoms with Crippen LogP contribution in [0.25, 0.3) is 0 Å². The monoisotopic (exact) mass is 481 g/mol. The number of hydrogen-bond donors (Lipinski definition) is 2. The highest BCUT2D eigenvalue weighted by molar-refractivity contribution is 6.34. The van der Waals surface area contributed by atoms with Gasteiger partial charge in [0, 0.05) is 36.9 Å². The summed E-state index contributed by atoms with van der Waals surface area (Å²) >= 11 is 6.42. The van der Waals surface area contributed by atoms with Crippen LogP contribution in [0.3, 0.4) is 0 Å². The molecule has 34 heavy (non-hydrogen) atoms. The lowest BCUT2D eigenvalue weighted by atomic mass is 9.97. The van der Waals surface area contributed by atoms with Gasteiger partial charge in [0.25, 0.3) is 0 Å². The van der Waals surface area contributed by atoms with Crippen molar-refractivity contribution in [2.45, 2.75) is 39.7 Å². The minimum absolute atomic E-state index is 0.0698. The third-order valence-electron chi connectivity index (χ3n) is 5.95. The van der Waals surface area contributed by atoms with Gasteiger partial charge in [0.2, 0.25) is 11.8 Å². The van der Waals surface area contributed by atoms with E-state index in [9.17, 15) is 9.59 Å². The molecule has 2 amide bonds. The molecule has 4 rings (SSSR count). The maximum Gasteiger partial charge on any atom is 0.248 e. The summed E-state index contributed by atoms with van der Waals surface area (Å²) in [7, 11) is 0. The van der Waals surface area contributed by atoms with Crippen LogP contribution in [0.2, 0.25) is 5.02 Å². The summed E-state index contributed by atoms with van der Waals surface area (Å²) in [5.41, 5.74) is 2.82. The average molecular weight is 482 g/mol. The van der Waals surface area contributed by atoms with Crippen LogP contribution >= 0.6 is 11.6 Å². The van der Waals surface area contributed by atoms with Crippen LogP contribution in [-0.2, 0) is 9.59 Å². The molecule has 0 spiro atoms. The molecular weight excluding hydrogens is 454 g/mol. The molecule has 0 bridgehead atoms. The van der Waals surface area contributed by atoms with Crippen LogP contribution in [-0.4, -0.2) is 44.7 Å². The number of nitrogens with one attached hydrogen (secondary N) is 2. The molecule has 0 aliphatic carbocycles. The minimum atomic E-state index is -0.493. The molecule has 0 saturated carbocycles. The third kappa shape index (κ3) is 5.36. The Bertz CT molecular complexity index is 1180. The van der Waals surface area contributed by atoms with Crippen LogP contribution in [0, 0.1) is 19.8 Å². The number of carbonyl (C=O) groups excluding carboxylic acids is 2. The number of anilines is 3. The van der Waals surface area contributed by atoms with E-state index in [2.05, 4.69) is 30.6 Å². The summed E-state index contributed by atoms with van der Waals surface area (Å²) in [6, 6.07) is 6.50. The lowest BCUT2D eigenvalue weighted by molar-refractivity contribution is -0.120. The molecule has 178 valence electrons. The van der Waals surface area contributed by atoms with Crippen molar-refractivity contribution < 1.29 is 9.59 Å². The number of piperidine rings is 1. The van der Waals surface area contributed by atoms with Crippen LogP contribution < -0.4 is 15.5 Å². The Kier molecular flexibility index (Phi) is 7.12. The third-order valence-corrected chi connectivity index (χ3v) is 6.26. The fourth-order valence-electron chi connectivity index (χ4n) is 4.18. The van der Waals surface area contributed by atoms with Crippen molar-refractivity contribution in [2.75, 3.05) is 28.6 Å². The Morgan fingerprint density at radius 2 is 2.00 bits per heavy atom. The second-order valence-electron chi connectivity index (χ2n) is 8.57. The summed E-state index contributed by atoms with van der Waals surface area (Å²) in [6.45, 7) is 7.01. The zero-order valence-electron chi connectivity index (χ0n) is 19.5. The number of amides is 2. The first kappa shape index (κ1) is 23.7. The molecule has 2 atom stereocenters. The van der Waals surface area contributed by atoms with Gasteiger partial charge in [0.1, 0.15) is 11.9 Å². The quantitative estimate of drug-likeness (QED) is 0.551. The summed E-state index contributed by atoms with van der Waals surface area (Å²) in [6.07, 6.45) is 6.69. The van der Waals surface area contributed by atoms with E-state index in [1.165, 1.54) is 0 Å². The Morgan fingerprint density at radius 1 is 1.18 bits per heavy atom. The van der Waals surface area contributed by atoms with Crippen LogP contribution in [0.5, 0.6) is 0 Å². The zero-order valence-corrected chi connectivity index (χ0v) is 20.2. The molecule has 0 radical (unpaired) electrons. The Hall–Kier alpha value is -3.46. The highest BCUT2D eigenvalue weighted by Gasteiger charge is 2.27. The normalized spacial score (nSPS) is 16.7. The SMILES string of the molecule is Cc1cc(C)n(C(C)C(=O)Nc2ccc(NC(=O)C3CCCN(c4cnccn4)C3)cc2Cl)n1. The minimum Gasteiger partial charge on any atom is -0.355 e. The molecule has 10 heteroatoms. The molecule has 1 aliphatic heterocycles. The zero-order chi connectivity index (χ0) is 24.2. The van der Waals surface area contributed by atoms with E-state index < -0.39 is 6.04 Å². The smallest absolute Gasteiger partial charge is 0.248 e. The fraction of sp³-hybridized carbons (Fsp3) is 0.375. The van der Waals surface area contributed by atoms with Gasteiger partial charge in [-0.05, 0) is 57.9 Å². The summed E-state index contributed by atoms with van der Waals surface area (Å²) in [5, 5.41) is 10.5. The van der Waals surface area contributed by atoms with Crippen molar-refractivity contribution in [3.05, 3.63) is 59.3 Å². The number of aromatic nitrogens is 4. The van der Waals surface area contributed by atoms with Crippen molar-refractivity contribution in [2.24, 2.45) is 5.92 Å². The van der Waals surface area contributed by atoms with Crippen molar-refractivity contribution >= 4 is 40.6 Å². The van der Waals surface area contributed by atoms with Crippen LogP contribution in [0.15, 0.2) is 42.9 Å². The molecule has 3 aromatic rings. The first-order chi connectivity index (χ1) is 16.3. The van der Waals surface area contributed by atoms with Gasteiger partial charge in [0.05, 0.1) is 28.5 Å². The van der Waals surface area contributed by atoms with Gasteiger partial charge in [-0.2, -0.15) is 5.10 Å². The first-order valence-electron chi connectivity index (χ1n) is 11.3. The van der Waals surface area contributed by atoms with Gasteiger partial charge >= 0.3 is 0 Å². The summed E-state index contributed by atoms with van der Waals surface area (Å²) in [4.78, 5) is 36.2. The van der Waals surface area contributed by atoms with Crippen molar-refractivity contribution in [3.63, 3.8) is 0 Å². The molecule has 9 nitrogen and oxygen atoms in total. The van der Waals surface area contributed by atoms with E-state index >= 15 is 0 Å². The Labute approximate surface area is 203 Å². The number of nitrogens with zero attached hydrogens (tertiary/aromatic N) is 5. The highest BCUT2D eigenvalue weighted by atomic mass is 35.5. The molecule has 2 aromatic heterocycles. The number of carbonyl (C=O) groups is 2. The van der Waals surface area contributed by atoms with Crippen molar-refractivity contribution in [3.8, 4) is 0 Å². The lowest BCUT2D eigenvalue weighted by Crippen LogP contribution is -2.41. The molecule has 1 fully saturated rings. The van der Waals surface area contributed by atoms with Crippen molar-refractivity contribution in [1.29, 1.82) is 0 Å². The van der Waals surface area contributed by atoms with E-state index in [-0.39, 0.29) is 17.7 Å². The molecule has 3 heterocycles. The van der Waals surface area contributed by atoms with Gasteiger partial charge in [0.15, 0.2) is 0 Å². The fourth-order valence-corrected chi connectivity index (χ4v) is 4.41. The van der Waals surface area contributed by atoms with E-state index in [1.54, 1.807) is 48.4 Å². The van der Waals surface area contributed by atoms with E-state index in [1.807, 2.05) is 19.9 Å². The maximum atomic E-state index is 12.9. The summed E-state index contributed by atoms with van der Waals surface area (Å²) < 4.78 is 1.68. The van der Waals surface area contributed by atoms with Gasteiger partial charge < -0.3 is 15.5 Å². The topological polar surface area (TPSA) is 105 Å². The van der Waals surface area contributed by atoms with Gasteiger partial charge in [-0.1, -0.05) is 11.6 Å². The van der Waals surface area contributed by atoms with E-state index in [4.69, 9.17) is 11.6 Å². The Balaban J connectivity index is 1.37. The summed E-state index contributed by atoms with van der Waals surface area (Å²) in [5.74, 6) is 0.309. The molecule has 2 N–H and O–H groups in total. The van der Waals surface area contributed by atoms with Crippen LogP contribution in [0.1, 0.15) is 37.2 Å². The van der Waals surface area contributed by atoms with Gasteiger partial charge in [-0.25, -0.2) is 4.98 Å². The number of aryl methyl sites for hydroxylation is 2.